The monoisotopic (exact) mass is 245 g/mol. The summed E-state index contributed by atoms with van der Waals surface area (Å²) in [6, 6.07) is 13.9. The van der Waals surface area contributed by atoms with Crippen LogP contribution in [0.25, 0.3) is 10.8 Å². The van der Waals surface area contributed by atoms with Crippen molar-refractivity contribution in [1.29, 1.82) is 0 Å². The van der Waals surface area contributed by atoms with Gasteiger partial charge in [-0.25, -0.2) is 4.90 Å². The third-order valence-electron chi connectivity index (χ3n) is 3.09. The lowest BCUT2D eigenvalue weighted by molar-refractivity contribution is -0.131. The van der Waals surface area contributed by atoms with Crippen LogP contribution in [0.2, 0.25) is 0 Å². The van der Waals surface area contributed by atoms with Crippen molar-refractivity contribution in [2.75, 3.05) is 13.1 Å². The van der Waals surface area contributed by atoms with E-state index in [9.17, 15) is 5.11 Å². The first-order chi connectivity index (χ1) is 8.74. The van der Waals surface area contributed by atoms with Crippen LogP contribution in [0.5, 0.6) is 5.75 Å². The molecule has 1 unspecified atom stereocenters. The van der Waals surface area contributed by atoms with Gasteiger partial charge in [0, 0.05) is 13.1 Å². The number of hydrogen-bond donors (Lipinski definition) is 1. The third kappa shape index (κ3) is 2.81. The molecule has 3 nitrogen and oxygen atoms in total. The van der Waals surface area contributed by atoms with Crippen LogP contribution in [0.15, 0.2) is 42.5 Å². The van der Waals surface area contributed by atoms with Crippen molar-refractivity contribution in [1.82, 2.24) is 4.90 Å². The zero-order chi connectivity index (χ0) is 13.0. The number of rotatable bonds is 5. The zero-order valence-electron chi connectivity index (χ0n) is 10.8. The lowest BCUT2D eigenvalue weighted by Gasteiger charge is -2.25. The molecule has 0 saturated carbocycles. The summed E-state index contributed by atoms with van der Waals surface area (Å²) in [5, 5.41) is 12.2. The second kappa shape index (κ2) is 5.85. The van der Waals surface area contributed by atoms with E-state index in [0.717, 1.165) is 18.5 Å². The topological polar surface area (TPSA) is 32.7 Å². The molecule has 0 aliphatic rings. The Hall–Kier alpha value is -1.58. The Morgan fingerprint density at radius 2 is 1.72 bits per heavy atom. The molecule has 2 aromatic carbocycles. The summed E-state index contributed by atoms with van der Waals surface area (Å²) in [6.07, 6.45) is -0.888. The first-order valence-electron chi connectivity index (χ1n) is 6.32. The molecule has 0 aliphatic heterocycles. The Kier molecular flexibility index (Phi) is 4.18. The number of aliphatic hydroxyl groups excluding tert-OH is 1. The Morgan fingerprint density at radius 3 is 2.39 bits per heavy atom. The van der Waals surface area contributed by atoms with E-state index < -0.39 is 6.41 Å². The van der Waals surface area contributed by atoms with Crippen LogP contribution in [0.4, 0.5) is 0 Å². The number of benzene rings is 2. The molecule has 0 fully saturated rings. The van der Waals surface area contributed by atoms with Gasteiger partial charge in [0.25, 0.3) is 6.41 Å². The molecule has 0 amide bonds. The van der Waals surface area contributed by atoms with E-state index in [0.29, 0.717) is 5.75 Å². The molecule has 0 aliphatic carbocycles. The number of nitrogens with zero attached hydrogens (tertiary/aromatic N) is 1. The number of ether oxygens (including phenoxy) is 1. The van der Waals surface area contributed by atoms with Crippen molar-refractivity contribution in [3.63, 3.8) is 0 Å². The quantitative estimate of drug-likeness (QED) is 0.822. The van der Waals surface area contributed by atoms with E-state index in [-0.39, 0.29) is 0 Å². The van der Waals surface area contributed by atoms with E-state index in [4.69, 9.17) is 4.74 Å². The largest absolute Gasteiger partial charge is 0.451 e. The van der Waals surface area contributed by atoms with Gasteiger partial charge in [-0.1, -0.05) is 44.2 Å². The van der Waals surface area contributed by atoms with Crippen LogP contribution in [0, 0.1) is 0 Å². The summed E-state index contributed by atoms with van der Waals surface area (Å²) in [6.45, 7) is 5.50. The summed E-state index contributed by atoms with van der Waals surface area (Å²) in [5.74, 6) is 0.688. The Bertz CT molecular complexity index is 509. The van der Waals surface area contributed by atoms with E-state index in [1.54, 1.807) is 0 Å². The number of hydrogen-bond acceptors (Lipinski definition) is 3. The fraction of sp³-hybridized carbons (Fsp3) is 0.333. The van der Waals surface area contributed by atoms with Crippen molar-refractivity contribution < 1.29 is 9.84 Å². The van der Waals surface area contributed by atoms with Crippen molar-refractivity contribution in [2.45, 2.75) is 20.3 Å². The standard InChI is InChI=1S/C15H19NO2/c1-3-16(4-2)15(17)18-14-10-9-12-7-5-6-8-13(12)11-14/h5-11,15,17H,3-4H2,1-2H3. The maximum atomic E-state index is 9.94. The highest BCUT2D eigenvalue weighted by Crippen LogP contribution is 2.21. The third-order valence-corrected chi connectivity index (χ3v) is 3.09. The van der Waals surface area contributed by atoms with Gasteiger partial charge in [-0.15, -0.1) is 0 Å². The molecule has 2 aromatic rings. The molecule has 1 atom stereocenters. The molecule has 1 N–H and O–H groups in total. The van der Waals surface area contributed by atoms with Crippen LogP contribution in [-0.2, 0) is 0 Å². The lowest BCUT2D eigenvalue weighted by Crippen LogP contribution is -2.39. The highest BCUT2D eigenvalue weighted by molar-refractivity contribution is 5.83. The minimum Gasteiger partial charge on any atom is -0.451 e. The predicted octanol–water partition coefficient (Wildman–Crippen LogP) is 2.84. The van der Waals surface area contributed by atoms with Crippen molar-refractivity contribution in [3.8, 4) is 5.75 Å². The van der Waals surface area contributed by atoms with Gasteiger partial charge in [0.05, 0.1) is 0 Å². The van der Waals surface area contributed by atoms with Gasteiger partial charge in [0.2, 0.25) is 0 Å². The predicted molar refractivity (Wildman–Crippen MR) is 73.5 cm³/mol. The molecule has 0 saturated heterocycles. The molecule has 96 valence electrons. The molecule has 0 bridgehead atoms. The highest BCUT2D eigenvalue weighted by Gasteiger charge is 2.13. The first-order valence-corrected chi connectivity index (χ1v) is 6.32. The average molecular weight is 245 g/mol. The zero-order valence-corrected chi connectivity index (χ0v) is 10.8. The average Bonchev–Trinajstić information content (AvgIpc) is 2.40. The molecule has 0 radical (unpaired) electrons. The molecule has 0 aromatic heterocycles. The van der Waals surface area contributed by atoms with Crippen molar-refractivity contribution in [2.24, 2.45) is 0 Å². The molecular weight excluding hydrogens is 226 g/mol. The summed E-state index contributed by atoms with van der Waals surface area (Å²) in [5.41, 5.74) is 0. The van der Waals surface area contributed by atoms with Gasteiger partial charge in [0.15, 0.2) is 0 Å². The maximum absolute atomic E-state index is 9.94. The summed E-state index contributed by atoms with van der Waals surface area (Å²) < 4.78 is 5.55. The number of fused-ring (bicyclic) bond motifs is 1. The van der Waals surface area contributed by atoms with Crippen molar-refractivity contribution in [3.05, 3.63) is 42.5 Å². The SMILES string of the molecule is CCN(CC)C(O)Oc1ccc2ccccc2c1. The molecule has 0 heterocycles. The van der Waals surface area contributed by atoms with Crippen LogP contribution in [-0.4, -0.2) is 29.5 Å². The molecule has 18 heavy (non-hydrogen) atoms. The fourth-order valence-corrected chi connectivity index (χ4v) is 1.97. The minimum absolute atomic E-state index is 0.688. The van der Waals surface area contributed by atoms with Gasteiger partial charge in [-0.05, 0) is 22.9 Å². The normalized spacial score (nSPS) is 12.9. The van der Waals surface area contributed by atoms with Gasteiger partial charge < -0.3 is 9.84 Å². The van der Waals surface area contributed by atoms with Crippen LogP contribution in [0.3, 0.4) is 0 Å². The van der Waals surface area contributed by atoms with E-state index >= 15 is 0 Å². The molecule has 0 spiro atoms. The summed E-state index contributed by atoms with van der Waals surface area (Å²) >= 11 is 0. The summed E-state index contributed by atoms with van der Waals surface area (Å²) in [7, 11) is 0. The van der Waals surface area contributed by atoms with E-state index in [1.165, 1.54) is 5.39 Å². The second-order valence-electron chi connectivity index (χ2n) is 4.17. The van der Waals surface area contributed by atoms with E-state index in [2.05, 4.69) is 6.07 Å². The van der Waals surface area contributed by atoms with Gasteiger partial charge >= 0.3 is 0 Å². The summed E-state index contributed by atoms with van der Waals surface area (Å²) in [4.78, 5) is 1.84. The van der Waals surface area contributed by atoms with Crippen LogP contribution < -0.4 is 4.74 Å². The number of aliphatic hydroxyl groups is 1. The molecule has 2 rings (SSSR count). The maximum Gasteiger partial charge on any atom is 0.259 e. The van der Waals surface area contributed by atoms with Gasteiger partial charge in [0.1, 0.15) is 5.75 Å². The lowest BCUT2D eigenvalue weighted by atomic mass is 10.1. The van der Waals surface area contributed by atoms with Crippen LogP contribution in [0.1, 0.15) is 13.8 Å². The highest BCUT2D eigenvalue weighted by atomic mass is 16.6. The first kappa shape index (κ1) is 12.9. The van der Waals surface area contributed by atoms with Gasteiger partial charge in [-0.2, -0.15) is 0 Å². The smallest absolute Gasteiger partial charge is 0.259 e. The van der Waals surface area contributed by atoms with Crippen molar-refractivity contribution >= 4 is 10.8 Å². The van der Waals surface area contributed by atoms with E-state index in [1.807, 2.05) is 55.1 Å². The fourth-order valence-electron chi connectivity index (χ4n) is 1.97. The Balaban J connectivity index is 2.16. The Labute approximate surface area is 108 Å². The molecular formula is C15H19NO2. The van der Waals surface area contributed by atoms with Gasteiger partial charge in [-0.3, -0.25) is 0 Å². The Morgan fingerprint density at radius 1 is 1.06 bits per heavy atom. The second-order valence-corrected chi connectivity index (χ2v) is 4.17. The molecule has 3 heteroatoms. The van der Waals surface area contributed by atoms with Crippen LogP contribution >= 0.6 is 0 Å². The minimum atomic E-state index is -0.888.